The van der Waals surface area contributed by atoms with Crippen LogP contribution in [0.4, 0.5) is 4.79 Å². The third-order valence-corrected chi connectivity index (χ3v) is 8.70. The van der Waals surface area contributed by atoms with Crippen LogP contribution in [0.3, 0.4) is 0 Å². The van der Waals surface area contributed by atoms with E-state index in [0.717, 1.165) is 0 Å². The summed E-state index contributed by atoms with van der Waals surface area (Å²) >= 11 is 0. The van der Waals surface area contributed by atoms with Crippen molar-refractivity contribution in [2.75, 3.05) is 19.9 Å². The fourth-order valence-electron chi connectivity index (χ4n) is 5.25. The molecule has 3 aliphatic rings. The molecule has 2 aromatic rings. The summed E-state index contributed by atoms with van der Waals surface area (Å²) in [4.78, 5) is 44.9. The maximum atomic E-state index is 13.6. The highest BCUT2D eigenvalue weighted by molar-refractivity contribution is 7.88. The fraction of sp³-hybridized carbons (Fsp3) is 0.462. The Morgan fingerprint density at radius 1 is 1.18 bits per heavy atom. The average Bonchev–Trinajstić information content (AvgIpc) is 3.60. The zero-order valence-corrected chi connectivity index (χ0v) is 22.4. The molecule has 39 heavy (non-hydrogen) atoms. The topological polar surface area (TPSA) is 144 Å². The Kier molecular flexibility index (Phi) is 7.45. The summed E-state index contributed by atoms with van der Waals surface area (Å²) < 4.78 is 43.5. The number of hydrogen-bond acceptors (Lipinski definition) is 9. The molecule has 3 aliphatic heterocycles. The number of pyridine rings is 1. The van der Waals surface area contributed by atoms with Crippen molar-refractivity contribution in [2.24, 2.45) is 5.92 Å². The van der Waals surface area contributed by atoms with Gasteiger partial charge in [-0.25, -0.2) is 13.2 Å². The Balaban J connectivity index is 1.28. The zero-order valence-electron chi connectivity index (χ0n) is 21.6. The summed E-state index contributed by atoms with van der Waals surface area (Å²) in [7, 11) is -3.84. The number of nitrogens with zero attached hydrogens (tertiary/aromatic N) is 3. The Morgan fingerprint density at radius 2 is 1.97 bits per heavy atom. The number of carbonyl (C=O) groups is 3. The molecule has 0 spiro atoms. The van der Waals surface area contributed by atoms with Gasteiger partial charge < -0.3 is 24.4 Å². The third-order valence-electron chi connectivity index (χ3n) is 6.93. The molecule has 3 atom stereocenters. The zero-order chi connectivity index (χ0) is 27.7. The minimum absolute atomic E-state index is 0.0396. The standard InChI is InChI=1S/C26H30N4O8S/c1-16(2)11-19(28-26(33)38-18-6-7-22-23(12-18)37-15-36-22)25(32)29-10-8-20-24(29)21(31)13-30(20)39(34,35)14-17-5-3-4-9-27-17/h3-7,9,12,16,19-20,24H,8,10-11,13-15H2,1-2H3,(H,28,33). The van der Waals surface area contributed by atoms with E-state index in [2.05, 4.69) is 10.3 Å². The van der Waals surface area contributed by atoms with Crippen LogP contribution in [0.15, 0.2) is 42.6 Å². The highest BCUT2D eigenvalue weighted by atomic mass is 32.2. The number of likely N-dealkylation sites (tertiary alicyclic amines) is 1. The van der Waals surface area contributed by atoms with Gasteiger partial charge in [-0.05, 0) is 43.0 Å². The number of amides is 2. The molecule has 4 heterocycles. The summed E-state index contributed by atoms with van der Waals surface area (Å²) in [6, 6.07) is 7.17. The van der Waals surface area contributed by atoms with Crippen molar-refractivity contribution in [3.05, 3.63) is 48.3 Å². The van der Waals surface area contributed by atoms with E-state index >= 15 is 0 Å². The molecule has 2 amide bonds. The monoisotopic (exact) mass is 558 g/mol. The molecule has 1 aromatic heterocycles. The first-order chi connectivity index (χ1) is 18.6. The van der Waals surface area contributed by atoms with E-state index in [1.54, 1.807) is 30.3 Å². The van der Waals surface area contributed by atoms with Gasteiger partial charge >= 0.3 is 6.09 Å². The van der Waals surface area contributed by atoms with Gasteiger partial charge in [-0.2, -0.15) is 4.31 Å². The molecule has 208 valence electrons. The number of ether oxygens (including phenoxy) is 3. The van der Waals surface area contributed by atoms with Gasteiger partial charge in [0, 0.05) is 18.8 Å². The number of carbonyl (C=O) groups excluding carboxylic acids is 3. The molecule has 0 aliphatic carbocycles. The molecule has 1 N–H and O–H groups in total. The second kappa shape index (κ2) is 10.8. The van der Waals surface area contributed by atoms with E-state index in [0.29, 0.717) is 30.0 Å². The number of Topliss-reactive ketones (excluding diaryl/α,β-unsaturated/α-hetero) is 1. The second-order valence-electron chi connectivity index (χ2n) is 10.2. The van der Waals surface area contributed by atoms with Crippen LogP contribution in [-0.4, -0.2) is 78.4 Å². The highest BCUT2D eigenvalue weighted by Gasteiger charge is 2.54. The van der Waals surface area contributed by atoms with E-state index in [1.165, 1.54) is 21.5 Å². The number of sulfonamides is 1. The van der Waals surface area contributed by atoms with Crippen LogP contribution in [0, 0.1) is 5.92 Å². The average molecular weight is 559 g/mol. The van der Waals surface area contributed by atoms with Gasteiger partial charge in [-0.15, -0.1) is 0 Å². The molecule has 2 fully saturated rings. The van der Waals surface area contributed by atoms with Crippen LogP contribution < -0.4 is 19.5 Å². The number of ketones is 1. The van der Waals surface area contributed by atoms with Crippen LogP contribution in [0.2, 0.25) is 0 Å². The fourth-order valence-corrected chi connectivity index (χ4v) is 6.92. The molecular formula is C26H30N4O8S. The predicted molar refractivity (Wildman–Crippen MR) is 137 cm³/mol. The molecular weight excluding hydrogens is 528 g/mol. The van der Waals surface area contributed by atoms with Crippen molar-refractivity contribution in [2.45, 2.75) is 50.6 Å². The number of nitrogens with one attached hydrogen (secondary N) is 1. The van der Waals surface area contributed by atoms with Crippen LogP contribution >= 0.6 is 0 Å². The van der Waals surface area contributed by atoms with Crippen molar-refractivity contribution in [3.63, 3.8) is 0 Å². The quantitative estimate of drug-likeness (QED) is 0.512. The maximum absolute atomic E-state index is 13.6. The number of fused-ring (bicyclic) bond motifs is 2. The molecule has 5 rings (SSSR count). The normalized spacial score (nSPS) is 21.2. The summed E-state index contributed by atoms with van der Waals surface area (Å²) in [5.74, 6) is 0.114. The summed E-state index contributed by atoms with van der Waals surface area (Å²) in [5.41, 5.74) is 0.376. The van der Waals surface area contributed by atoms with Gasteiger partial charge in [-0.3, -0.25) is 14.6 Å². The first-order valence-corrected chi connectivity index (χ1v) is 14.3. The summed E-state index contributed by atoms with van der Waals surface area (Å²) in [5, 5.41) is 2.63. The lowest BCUT2D eigenvalue weighted by atomic mass is 10.0. The molecule has 0 bridgehead atoms. The minimum Gasteiger partial charge on any atom is -0.454 e. The van der Waals surface area contributed by atoms with Crippen LogP contribution in [0.1, 0.15) is 32.4 Å². The molecule has 12 nitrogen and oxygen atoms in total. The Morgan fingerprint density at radius 3 is 2.72 bits per heavy atom. The predicted octanol–water partition coefficient (Wildman–Crippen LogP) is 1.70. The number of rotatable bonds is 8. The first-order valence-electron chi connectivity index (χ1n) is 12.7. The van der Waals surface area contributed by atoms with Gasteiger partial charge in [-0.1, -0.05) is 19.9 Å². The number of hydrogen-bond donors (Lipinski definition) is 1. The SMILES string of the molecule is CC(C)CC(NC(=O)Oc1ccc2c(c1)OCO2)C(=O)N1CCC2C1C(=O)CN2S(=O)(=O)Cc1ccccn1. The van der Waals surface area contributed by atoms with E-state index in [1.807, 2.05) is 13.8 Å². The van der Waals surface area contributed by atoms with E-state index in [-0.39, 0.29) is 43.1 Å². The minimum atomic E-state index is -3.84. The highest BCUT2D eigenvalue weighted by Crippen LogP contribution is 2.35. The third kappa shape index (κ3) is 5.69. The summed E-state index contributed by atoms with van der Waals surface area (Å²) in [6.07, 6.45) is 1.30. The molecule has 0 saturated carbocycles. The van der Waals surface area contributed by atoms with Gasteiger partial charge in [0.2, 0.25) is 22.7 Å². The Hall–Kier alpha value is -3.71. The van der Waals surface area contributed by atoms with Gasteiger partial charge in [0.15, 0.2) is 17.3 Å². The molecule has 13 heteroatoms. The van der Waals surface area contributed by atoms with E-state index < -0.39 is 40.1 Å². The number of benzene rings is 1. The van der Waals surface area contributed by atoms with Gasteiger partial charge in [0.1, 0.15) is 23.6 Å². The van der Waals surface area contributed by atoms with Crippen molar-refractivity contribution in [1.82, 2.24) is 19.5 Å². The smallest absolute Gasteiger partial charge is 0.413 e. The van der Waals surface area contributed by atoms with Crippen molar-refractivity contribution < 1.29 is 37.0 Å². The molecule has 0 radical (unpaired) electrons. The Labute approximate surface area is 226 Å². The lowest BCUT2D eigenvalue weighted by molar-refractivity contribution is -0.138. The summed E-state index contributed by atoms with van der Waals surface area (Å²) in [6.45, 7) is 3.79. The largest absolute Gasteiger partial charge is 0.454 e. The van der Waals surface area contributed by atoms with Crippen LogP contribution in [-0.2, 0) is 25.4 Å². The molecule has 2 saturated heterocycles. The molecule has 1 aromatic carbocycles. The lowest BCUT2D eigenvalue weighted by Crippen LogP contribution is -2.53. The Bertz CT molecular complexity index is 1370. The van der Waals surface area contributed by atoms with Crippen molar-refractivity contribution in [3.8, 4) is 17.2 Å². The second-order valence-corrected chi connectivity index (χ2v) is 12.1. The lowest BCUT2D eigenvalue weighted by Gasteiger charge is -2.28. The van der Waals surface area contributed by atoms with Crippen LogP contribution in [0.25, 0.3) is 0 Å². The van der Waals surface area contributed by atoms with Gasteiger partial charge in [0.25, 0.3) is 0 Å². The number of aromatic nitrogens is 1. The first kappa shape index (κ1) is 26.9. The van der Waals surface area contributed by atoms with Crippen molar-refractivity contribution >= 4 is 27.8 Å². The van der Waals surface area contributed by atoms with Crippen molar-refractivity contribution in [1.29, 1.82) is 0 Å². The maximum Gasteiger partial charge on any atom is 0.413 e. The van der Waals surface area contributed by atoms with Crippen LogP contribution in [0.5, 0.6) is 17.2 Å². The van der Waals surface area contributed by atoms with Gasteiger partial charge in [0.05, 0.1) is 18.3 Å². The van der Waals surface area contributed by atoms with E-state index in [9.17, 15) is 22.8 Å². The molecule has 3 unspecified atom stereocenters. The van der Waals surface area contributed by atoms with E-state index in [4.69, 9.17) is 14.2 Å².